The van der Waals surface area contributed by atoms with Crippen LogP contribution in [-0.2, 0) is 0 Å². The van der Waals surface area contributed by atoms with Gasteiger partial charge >= 0.3 is 0 Å². The van der Waals surface area contributed by atoms with Gasteiger partial charge < -0.3 is 0 Å². The first-order chi connectivity index (χ1) is 26.1. The molecule has 1 N–H and O–H groups in total. The summed E-state index contributed by atoms with van der Waals surface area (Å²) in [6, 6.07) is 9.83. The zero-order valence-electron chi connectivity index (χ0n) is 26.0. The maximum absolute atomic E-state index is 15.4. The number of H-pyrrole nitrogens is 1. The maximum atomic E-state index is 15.4. The van der Waals surface area contributed by atoms with Gasteiger partial charge in [0.1, 0.15) is 57.7 Å². The molecule has 5 aromatic carbocycles. The van der Waals surface area contributed by atoms with Crippen molar-refractivity contribution in [2.24, 2.45) is 0 Å². The predicted molar refractivity (Wildman–Crippen MR) is 155 cm³/mol. The van der Waals surface area contributed by atoms with E-state index in [1.807, 2.05) is 36.5 Å². The molecule has 0 aliphatic heterocycles. The molecule has 6 aromatic rings. The quantitative estimate of drug-likeness (QED) is 0.0737. The van der Waals surface area contributed by atoms with Gasteiger partial charge in [0, 0.05) is 11.5 Å². The molecule has 0 fully saturated rings. The lowest BCUT2D eigenvalue weighted by atomic mass is 9.12. The van der Waals surface area contributed by atoms with E-state index in [4.69, 9.17) is 11.6 Å². The van der Waals surface area contributed by atoms with E-state index in [1.54, 1.807) is 0 Å². The van der Waals surface area contributed by atoms with Crippen LogP contribution in [0.4, 0.5) is 87.8 Å². The van der Waals surface area contributed by atoms with E-state index < -0.39 is 144 Å². The van der Waals surface area contributed by atoms with Crippen molar-refractivity contribution in [3.63, 3.8) is 0 Å². The molecule has 0 aliphatic rings. The highest BCUT2D eigenvalue weighted by atomic mass is 35.5. The van der Waals surface area contributed by atoms with E-state index in [1.165, 1.54) is 0 Å². The first-order valence-corrected chi connectivity index (χ1v) is 14.7. The molecule has 0 saturated carbocycles. The average molecular weight is 844 g/mol. The van der Waals surface area contributed by atoms with Crippen LogP contribution in [0.25, 0.3) is 10.9 Å². The van der Waals surface area contributed by atoms with Gasteiger partial charge in [0.15, 0.2) is 76.0 Å². The number of hydrogen-bond donors (Lipinski definition) is 0. The van der Waals surface area contributed by atoms with Gasteiger partial charge in [0.05, 0.1) is 0 Å². The smallest absolute Gasteiger partial charge is 0.210 e. The molecule has 0 aliphatic carbocycles. The van der Waals surface area contributed by atoms with Crippen molar-refractivity contribution in [3.8, 4) is 0 Å². The second-order valence-corrected chi connectivity index (χ2v) is 11.6. The number of benzene rings is 5. The number of para-hydroxylation sites is 1. The van der Waals surface area contributed by atoms with E-state index in [2.05, 4.69) is 4.98 Å². The molecule has 0 spiro atoms. The first kappa shape index (κ1) is 41.6. The van der Waals surface area contributed by atoms with E-state index in [-0.39, 0.29) is 0 Å². The van der Waals surface area contributed by atoms with Crippen LogP contribution < -0.4 is 26.8 Å². The summed E-state index contributed by atoms with van der Waals surface area (Å²) < 4.78 is 294. The standard InChI is InChI=1S/C24BF20.C9H6ClN/c26-5-1(6(27)14(35)21(42)13(5)34)25(2-7(28)15(36)22(43)16(37)8(2)29,3-9(30)17(38)23(44)18(39)10(3)31)4-11(32)19(40)24(45)20(41)12(4)33;10-8-5-1-3-7-4-2-6-11-9(7)8/h;1-6H/q-1;/p+1. The molecule has 0 radical (unpaired) electrons. The molecule has 6 rings (SSSR count). The van der Waals surface area contributed by atoms with Gasteiger partial charge in [-0.25, -0.2) is 92.8 Å². The zero-order chi connectivity index (χ0) is 42.0. The Balaban J connectivity index is 0.000000463. The molecular weight excluding hydrogens is 837 g/mol. The molecule has 1 heterocycles. The molecule has 0 saturated heterocycles. The summed E-state index contributed by atoms with van der Waals surface area (Å²) in [5.41, 5.74) is -13.3. The Hall–Kier alpha value is -5.54. The van der Waals surface area contributed by atoms with E-state index in [9.17, 15) is 52.7 Å². The fraction of sp³-hybridized carbons (Fsp3) is 0. The minimum Gasteiger partial charge on any atom is -0.210 e. The van der Waals surface area contributed by atoms with Crippen LogP contribution >= 0.6 is 11.6 Å². The van der Waals surface area contributed by atoms with Crippen LogP contribution in [0.15, 0.2) is 36.5 Å². The summed E-state index contributed by atoms with van der Waals surface area (Å²) >= 11 is 5.93. The Morgan fingerprint density at radius 1 is 0.321 bits per heavy atom. The molecule has 0 unspecified atom stereocenters. The highest BCUT2D eigenvalue weighted by Crippen LogP contribution is 2.31. The molecule has 1 aromatic heterocycles. The van der Waals surface area contributed by atoms with Gasteiger partial charge in [0.25, 0.3) is 0 Å². The van der Waals surface area contributed by atoms with Crippen LogP contribution in [0.3, 0.4) is 0 Å². The number of hydrogen-bond acceptors (Lipinski definition) is 0. The van der Waals surface area contributed by atoms with Crippen LogP contribution in [0.1, 0.15) is 0 Å². The van der Waals surface area contributed by atoms with Crippen molar-refractivity contribution in [2.75, 3.05) is 0 Å². The fourth-order valence-corrected chi connectivity index (χ4v) is 6.23. The summed E-state index contributed by atoms with van der Waals surface area (Å²) in [6.07, 6.45) is -5.35. The number of aromatic nitrogens is 1. The summed E-state index contributed by atoms with van der Waals surface area (Å²) in [7, 11) is 0. The molecule has 294 valence electrons. The van der Waals surface area contributed by atoms with Crippen LogP contribution in [0.5, 0.6) is 0 Å². The number of nitrogens with one attached hydrogen (secondary N) is 1. The monoisotopic (exact) mass is 843 g/mol. The molecule has 1 nitrogen and oxygen atoms in total. The van der Waals surface area contributed by atoms with Crippen molar-refractivity contribution in [1.82, 2.24) is 0 Å². The Morgan fingerprint density at radius 2 is 0.554 bits per heavy atom. The van der Waals surface area contributed by atoms with Gasteiger partial charge in [-0.1, -0.05) is 17.7 Å². The maximum Gasteiger partial charge on any atom is 0.229 e. The molecule has 0 bridgehead atoms. The third-order valence-corrected chi connectivity index (χ3v) is 8.67. The summed E-state index contributed by atoms with van der Waals surface area (Å²) in [5, 5.41) is 1.91. The van der Waals surface area contributed by atoms with Crippen molar-refractivity contribution in [2.45, 2.75) is 0 Å². The van der Waals surface area contributed by atoms with Gasteiger partial charge in [0.2, 0.25) is 5.52 Å². The fourth-order valence-electron chi connectivity index (χ4n) is 5.99. The number of rotatable bonds is 4. The van der Waals surface area contributed by atoms with Gasteiger partial charge in [-0.15, -0.1) is 21.9 Å². The second kappa shape index (κ2) is 14.8. The number of pyridine rings is 1. The Morgan fingerprint density at radius 3 is 0.804 bits per heavy atom. The van der Waals surface area contributed by atoms with E-state index >= 15 is 35.1 Å². The Kier molecular flexibility index (Phi) is 11.0. The largest absolute Gasteiger partial charge is 0.229 e. The third kappa shape index (κ3) is 5.95. The number of fused-ring (bicyclic) bond motifs is 1. The lowest BCUT2D eigenvalue weighted by Gasteiger charge is -2.44. The summed E-state index contributed by atoms with van der Waals surface area (Å²) in [4.78, 5) is 3.09. The van der Waals surface area contributed by atoms with Crippen molar-refractivity contribution >= 4 is 50.5 Å². The predicted octanol–water partition coefficient (Wildman–Crippen LogP) is 8.15. The van der Waals surface area contributed by atoms with Crippen molar-refractivity contribution in [3.05, 3.63) is 158 Å². The van der Waals surface area contributed by atoms with E-state index in [0.717, 1.165) is 15.9 Å². The minimum absolute atomic E-state index is 0.767. The van der Waals surface area contributed by atoms with Crippen LogP contribution in [0, 0.1) is 116 Å². The number of halogens is 21. The Labute approximate surface area is 301 Å². The summed E-state index contributed by atoms with van der Waals surface area (Å²) in [5.74, 6) is -71.4. The lowest BCUT2D eigenvalue weighted by molar-refractivity contribution is -0.344. The highest BCUT2D eigenvalue weighted by molar-refractivity contribution is 7.20. The van der Waals surface area contributed by atoms with Gasteiger partial charge in [-0.3, -0.25) is 0 Å². The normalized spacial score (nSPS) is 11.7. The van der Waals surface area contributed by atoms with Crippen LogP contribution in [0.2, 0.25) is 5.02 Å². The Bertz CT molecular complexity index is 2230. The molecule has 0 atom stereocenters. The van der Waals surface area contributed by atoms with Gasteiger partial charge in [-0.2, -0.15) is 0 Å². The molecular formula is C33H7BClF20N. The molecule has 23 heteroatoms. The number of aromatic amines is 1. The van der Waals surface area contributed by atoms with Gasteiger partial charge in [-0.05, 0) is 18.2 Å². The second-order valence-electron chi connectivity index (χ2n) is 11.2. The molecule has 56 heavy (non-hydrogen) atoms. The lowest BCUT2D eigenvalue weighted by Crippen LogP contribution is -2.81. The molecule has 0 amide bonds. The summed E-state index contributed by atoms with van der Waals surface area (Å²) in [6.45, 7) is 0. The van der Waals surface area contributed by atoms with Crippen molar-refractivity contribution in [1.29, 1.82) is 0 Å². The van der Waals surface area contributed by atoms with E-state index in [0.29, 0.717) is 0 Å². The third-order valence-electron chi connectivity index (χ3n) is 8.35. The zero-order valence-corrected chi connectivity index (χ0v) is 26.7. The average Bonchev–Trinajstić information content (AvgIpc) is 3.18. The minimum atomic E-state index is -7.22. The topological polar surface area (TPSA) is 14.1 Å². The van der Waals surface area contributed by atoms with Crippen molar-refractivity contribution < 1.29 is 92.8 Å². The SMILES string of the molecule is Clc1cccc2ccc[nH+]c12.Fc1c(F)c(F)c([B-](c2c(F)c(F)c(F)c(F)c2F)(c2c(F)c(F)c(F)c(F)c2F)c2c(F)c(F)c(F)c(F)c2F)c(F)c1F. The highest BCUT2D eigenvalue weighted by Gasteiger charge is 2.52. The van der Waals surface area contributed by atoms with Crippen LogP contribution in [-0.4, -0.2) is 6.15 Å². The first-order valence-electron chi connectivity index (χ1n) is 14.4.